The van der Waals surface area contributed by atoms with Crippen molar-refractivity contribution in [1.29, 1.82) is 0 Å². The molecule has 0 unspecified atom stereocenters. The maximum Gasteiger partial charge on any atom is 0.305 e. The zero-order valence-electron chi connectivity index (χ0n) is 13.1. The van der Waals surface area contributed by atoms with Gasteiger partial charge < -0.3 is 14.6 Å². The van der Waals surface area contributed by atoms with Crippen LogP contribution in [0.4, 0.5) is 5.69 Å². The van der Waals surface area contributed by atoms with E-state index in [4.69, 9.17) is 14.6 Å². The van der Waals surface area contributed by atoms with Crippen LogP contribution in [-0.4, -0.2) is 36.7 Å². The predicted molar refractivity (Wildman–Crippen MR) is 87.8 cm³/mol. The van der Waals surface area contributed by atoms with Crippen LogP contribution >= 0.6 is 0 Å². The highest BCUT2D eigenvalue weighted by atomic mass is 16.5. The van der Waals surface area contributed by atoms with Crippen LogP contribution in [0.2, 0.25) is 0 Å². The van der Waals surface area contributed by atoms with Gasteiger partial charge in [-0.05, 0) is 36.4 Å². The van der Waals surface area contributed by atoms with Gasteiger partial charge in [-0.3, -0.25) is 14.5 Å². The summed E-state index contributed by atoms with van der Waals surface area (Å²) in [5, 5.41) is 9.14. The first-order valence-electron chi connectivity index (χ1n) is 7.51. The molecule has 1 N–H and O–H groups in total. The van der Waals surface area contributed by atoms with Crippen molar-refractivity contribution in [1.82, 2.24) is 0 Å². The van der Waals surface area contributed by atoms with Crippen molar-refractivity contribution in [3.8, 4) is 11.5 Å². The number of benzene rings is 2. The van der Waals surface area contributed by atoms with E-state index in [1.807, 2.05) is 6.07 Å². The highest BCUT2D eigenvalue weighted by Gasteiger charge is 2.34. The number of carbonyl (C=O) groups is 2. The number of para-hydroxylation sites is 2. The van der Waals surface area contributed by atoms with Gasteiger partial charge in [0.1, 0.15) is 18.1 Å². The highest BCUT2D eigenvalue weighted by molar-refractivity contribution is 6.08. The van der Waals surface area contributed by atoms with E-state index >= 15 is 0 Å². The van der Waals surface area contributed by atoms with Gasteiger partial charge in [0, 0.05) is 5.56 Å². The van der Waals surface area contributed by atoms with Gasteiger partial charge in [0.25, 0.3) is 5.91 Å². The Labute approximate surface area is 139 Å². The van der Waals surface area contributed by atoms with Crippen LogP contribution in [0.5, 0.6) is 11.5 Å². The summed E-state index contributed by atoms with van der Waals surface area (Å²) in [6.45, 7) is 0.144. The molecule has 1 aliphatic heterocycles. The van der Waals surface area contributed by atoms with Crippen molar-refractivity contribution in [3.63, 3.8) is 0 Å². The molecule has 3 rings (SSSR count). The zero-order valence-corrected chi connectivity index (χ0v) is 13.1. The van der Waals surface area contributed by atoms with Crippen LogP contribution in [0.3, 0.4) is 0 Å². The van der Waals surface area contributed by atoms with E-state index in [0.29, 0.717) is 22.7 Å². The molecule has 0 aromatic heterocycles. The van der Waals surface area contributed by atoms with Gasteiger partial charge in [0.15, 0.2) is 0 Å². The van der Waals surface area contributed by atoms with E-state index in [9.17, 15) is 9.59 Å². The zero-order chi connectivity index (χ0) is 17.1. The molecular formula is C18H17NO5. The van der Waals surface area contributed by atoms with Gasteiger partial charge in [-0.1, -0.05) is 12.1 Å². The average Bonchev–Trinajstić information content (AvgIpc) is 2.60. The van der Waals surface area contributed by atoms with E-state index < -0.39 is 12.0 Å². The molecule has 0 fully saturated rings. The number of ether oxygens (including phenoxy) is 2. The molecule has 1 heterocycles. The molecule has 1 aliphatic rings. The fourth-order valence-electron chi connectivity index (χ4n) is 2.74. The first kappa shape index (κ1) is 15.9. The molecule has 1 atom stereocenters. The topological polar surface area (TPSA) is 76.1 Å². The van der Waals surface area contributed by atoms with E-state index in [1.54, 1.807) is 49.6 Å². The van der Waals surface area contributed by atoms with Crippen molar-refractivity contribution >= 4 is 17.6 Å². The minimum Gasteiger partial charge on any atom is -0.497 e. The van der Waals surface area contributed by atoms with Crippen LogP contribution in [0.1, 0.15) is 16.8 Å². The van der Waals surface area contributed by atoms with Gasteiger partial charge in [0.05, 0.1) is 25.3 Å². The summed E-state index contributed by atoms with van der Waals surface area (Å²) in [5.74, 6) is -0.0211. The van der Waals surface area contributed by atoms with Gasteiger partial charge in [-0.2, -0.15) is 0 Å². The summed E-state index contributed by atoms with van der Waals surface area (Å²) in [5.41, 5.74) is 1.04. The molecule has 6 nitrogen and oxygen atoms in total. The predicted octanol–water partition coefficient (Wildman–Crippen LogP) is 2.58. The first-order valence-corrected chi connectivity index (χ1v) is 7.51. The Morgan fingerprint density at radius 1 is 1.21 bits per heavy atom. The average molecular weight is 327 g/mol. The Balaban J connectivity index is 1.98. The number of carboxylic acid groups (broad SMARTS) is 1. The number of hydrogen-bond acceptors (Lipinski definition) is 4. The maximum absolute atomic E-state index is 13.0. The van der Waals surface area contributed by atoms with E-state index in [2.05, 4.69) is 0 Å². The Hall–Kier alpha value is -3.02. The summed E-state index contributed by atoms with van der Waals surface area (Å²) < 4.78 is 10.7. The molecule has 0 saturated carbocycles. The number of anilines is 1. The van der Waals surface area contributed by atoms with Crippen LogP contribution in [0.15, 0.2) is 48.5 Å². The quantitative estimate of drug-likeness (QED) is 0.934. The number of nitrogens with zero attached hydrogens (tertiary/aromatic N) is 1. The van der Waals surface area contributed by atoms with Gasteiger partial charge in [-0.25, -0.2) is 0 Å². The van der Waals surface area contributed by atoms with Crippen molar-refractivity contribution < 1.29 is 24.2 Å². The van der Waals surface area contributed by atoms with Gasteiger partial charge in [0.2, 0.25) is 0 Å². The molecular weight excluding hydrogens is 310 g/mol. The molecule has 6 heteroatoms. The number of hydrogen-bond donors (Lipinski definition) is 1. The fraction of sp³-hybridized carbons (Fsp3) is 0.222. The summed E-state index contributed by atoms with van der Waals surface area (Å²) in [6, 6.07) is 13.3. The fourth-order valence-corrected chi connectivity index (χ4v) is 2.74. The summed E-state index contributed by atoms with van der Waals surface area (Å²) in [6.07, 6.45) is -0.184. The Bertz CT molecular complexity index is 756. The number of carbonyl (C=O) groups excluding carboxylic acids is 1. The first-order chi connectivity index (χ1) is 11.6. The number of rotatable bonds is 4. The molecule has 124 valence electrons. The van der Waals surface area contributed by atoms with Gasteiger partial charge in [-0.15, -0.1) is 0 Å². The normalized spacial score (nSPS) is 16.0. The summed E-state index contributed by atoms with van der Waals surface area (Å²) >= 11 is 0. The molecule has 2 aromatic carbocycles. The molecule has 1 amide bonds. The number of methoxy groups -OCH3 is 1. The van der Waals surface area contributed by atoms with Crippen LogP contribution < -0.4 is 14.4 Å². The van der Waals surface area contributed by atoms with Crippen LogP contribution in [0.25, 0.3) is 0 Å². The third kappa shape index (κ3) is 3.03. The Kier molecular flexibility index (Phi) is 4.37. The van der Waals surface area contributed by atoms with Crippen molar-refractivity contribution in [2.45, 2.75) is 12.5 Å². The highest BCUT2D eigenvalue weighted by Crippen LogP contribution is 2.35. The lowest BCUT2D eigenvalue weighted by molar-refractivity contribution is -0.137. The molecule has 24 heavy (non-hydrogen) atoms. The summed E-state index contributed by atoms with van der Waals surface area (Å²) in [7, 11) is 1.55. The van der Waals surface area contributed by atoms with E-state index in [0.717, 1.165) is 0 Å². The second kappa shape index (κ2) is 6.62. The lowest BCUT2D eigenvalue weighted by atomic mass is 10.1. The monoisotopic (exact) mass is 327 g/mol. The van der Waals surface area contributed by atoms with Crippen LogP contribution in [0, 0.1) is 0 Å². The molecule has 0 aliphatic carbocycles. The largest absolute Gasteiger partial charge is 0.497 e. The van der Waals surface area contributed by atoms with Crippen molar-refractivity contribution in [2.75, 3.05) is 18.6 Å². The minimum atomic E-state index is -0.976. The molecule has 2 aromatic rings. The van der Waals surface area contributed by atoms with Crippen molar-refractivity contribution in [2.24, 2.45) is 0 Å². The Morgan fingerprint density at radius 2 is 1.92 bits per heavy atom. The second-order valence-electron chi connectivity index (χ2n) is 5.43. The SMILES string of the molecule is COc1ccc(C(=O)N2c3ccccc3OC[C@H]2CC(=O)O)cc1. The van der Waals surface area contributed by atoms with E-state index in [1.165, 1.54) is 4.90 Å². The maximum atomic E-state index is 13.0. The second-order valence-corrected chi connectivity index (χ2v) is 5.43. The van der Waals surface area contributed by atoms with Crippen molar-refractivity contribution in [3.05, 3.63) is 54.1 Å². The van der Waals surface area contributed by atoms with E-state index in [-0.39, 0.29) is 18.9 Å². The lowest BCUT2D eigenvalue weighted by Gasteiger charge is -2.36. The standard InChI is InChI=1S/C18H17NO5/c1-23-14-8-6-12(7-9-14)18(22)19-13(10-17(20)21)11-24-16-5-3-2-4-15(16)19/h2-9,13H,10-11H2,1H3,(H,20,21)/t13-/m1/s1. The lowest BCUT2D eigenvalue weighted by Crippen LogP contribution is -2.47. The molecule has 0 spiro atoms. The third-order valence-electron chi connectivity index (χ3n) is 3.89. The summed E-state index contributed by atoms with van der Waals surface area (Å²) in [4.78, 5) is 25.7. The number of fused-ring (bicyclic) bond motifs is 1. The number of amides is 1. The molecule has 0 bridgehead atoms. The smallest absolute Gasteiger partial charge is 0.305 e. The molecule has 0 radical (unpaired) electrons. The Morgan fingerprint density at radius 3 is 2.58 bits per heavy atom. The molecule has 0 saturated heterocycles. The van der Waals surface area contributed by atoms with Gasteiger partial charge >= 0.3 is 5.97 Å². The number of aliphatic carboxylic acids is 1. The third-order valence-corrected chi connectivity index (χ3v) is 3.89. The number of carboxylic acids is 1. The minimum absolute atomic E-state index is 0.144. The van der Waals surface area contributed by atoms with Crippen LogP contribution in [-0.2, 0) is 4.79 Å².